The van der Waals surface area contributed by atoms with E-state index < -0.39 is 5.51 Å². The molecule has 0 aliphatic heterocycles. The van der Waals surface area contributed by atoms with Gasteiger partial charge in [-0.15, -0.1) is 0 Å². The van der Waals surface area contributed by atoms with E-state index >= 15 is 0 Å². The summed E-state index contributed by atoms with van der Waals surface area (Å²) in [6, 6.07) is 2.15. The molecule has 1 rings (SSSR count). The van der Waals surface area contributed by atoms with Crippen molar-refractivity contribution in [2.24, 2.45) is 0 Å². The standard InChI is InChI=1S/C10H16F3N3S/c1-8(2)14-7-9-3-4-15-16(9)5-6-17-10(11,12)13/h3-4,8,14H,5-7H2,1-2H3. The van der Waals surface area contributed by atoms with Crippen LogP contribution in [-0.4, -0.2) is 27.1 Å². The first-order valence-electron chi connectivity index (χ1n) is 5.33. The van der Waals surface area contributed by atoms with Gasteiger partial charge < -0.3 is 5.32 Å². The molecule has 0 aliphatic rings. The molecule has 0 aliphatic carbocycles. The van der Waals surface area contributed by atoms with Crippen molar-refractivity contribution in [2.45, 2.75) is 38.5 Å². The normalized spacial score (nSPS) is 12.4. The largest absolute Gasteiger partial charge is 0.441 e. The number of aromatic nitrogens is 2. The quantitative estimate of drug-likeness (QED) is 0.859. The van der Waals surface area contributed by atoms with Gasteiger partial charge in [0.1, 0.15) is 0 Å². The van der Waals surface area contributed by atoms with E-state index in [1.165, 1.54) is 0 Å². The summed E-state index contributed by atoms with van der Waals surface area (Å²) in [5.41, 5.74) is -3.26. The highest BCUT2D eigenvalue weighted by atomic mass is 32.2. The Morgan fingerprint density at radius 1 is 1.47 bits per heavy atom. The van der Waals surface area contributed by atoms with Gasteiger partial charge in [0.2, 0.25) is 0 Å². The van der Waals surface area contributed by atoms with E-state index in [4.69, 9.17) is 0 Å². The second-order valence-electron chi connectivity index (χ2n) is 3.88. The Balaban J connectivity index is 2.40. The van der Waals surface area contributed by atoms with Gasteiger partial charge in [0.05, 0.1) is 12.2 Å². The molecule has 0 bridgehead atoms. The van der Waals surface area contributed by atoms with E-state index in [0.29, 0.717) is 12.6 Å². The first kappa shape index (κ1) is 14.4. The smallest absolute Gasteiger partial charge is 0.309 e. The summed E-state index contributed by atoms with van der Waals surface area (Å²) >= 11 is -0.0163. The highest BCUT2D eigenvalue weighted by Gasteiger charge is 2.27. The Labute approximate surface area is 103 Å². The van der Waals surface area contributed by atoms with Crippen molar-refractivity contribution in [3.8, 4) is 0 Å². The van der Waals surface area contributed by atoms with Crippen molar-refractivity contribution in [3.63, 3.8) is 0 Å². The molecule has 0 atom stereocenters. The van der Waals surface area contributed by atoms with Crippen LogP contribution >= 0.6 is 11.8 Å². The maximum atomic E-state index is 12.0. The van der Waals surface area contributed by atoms with Gasteiger partial charge in [-0.25, -0.2) is 0 Å². The highest BCUT2D eigenvalue weighted by Crippen LogP contribution is 2.29. The third-order valence-electron chi connectivity index (χ3n) is 2.06. The molecule has 0 amide bonds. The first-order valence-corrected chi connectivity index (χ1v) is 6.32. The molecule has 1 heterocycles. The van der Waals surface area contributed by atoms with E-state index in [1.54, 1.807) is 10.9 Å². The molecule has 1 aromatic rings. The van der Waals surface area contributed by atoms with Crippen LogP contribution in [0.5, 0.6) is 0 Å². The predicted molar refractivity (Wildman–Crippen MR) is 62.7 cm³/mol. The summed E-state index contributed by atoms with van der Waals surface area (Å²) in [6.45, 7) is 4.92. The van der Waals surface area contributed by atoms with Crippen molar-refractivity contribution in [3.05, 3.63) is 18.0 Å². The lowest BCUT2D eigenvalue weighted by Crippen LogP contribution is -2.24. The lowest BCUT2D eigenvalue weighted by molar-refractivity contribution is -0.0328. The molecule has 0 fully saturated rings. The lowest BCUT2D eigenvalue weighted by atomic mass is 10.3. The zero-order valence-electron chi connectivity index (χ0n) is 9.79. The number of hydrogen-bond acceptors (Lipinski definition) is 3. The van der Waals surface area contributed by atoms with Crippen LogP contribution in [0.2, 0.25) is 0 Å². The van der Waals surface area contributed by atoms with Gasteiger partial charge in [0.15, 0.2) is 0 Å². The molecule has 7 heteroatoms. The SMILES string of the molecule is CC(C)NCc1ccnn1CCSC(F)(F)F. The van der Waals surface area contributed by atoms with E-state index in [-0.39, 0.29) is 24.1 Å². The Morgan fingerprint density at radius 2 is 2.18 bits per heavy atom. The Bertz CT molecular complexity index is 336. The fourth-order valence-electron chi connectivity index (χ4n) is 1.27. The molecule has 3 nitrogen and oxygen atoms in total. The third kappa shape index (κ3) is 5.97. The van der Waals surface area contributed by atoms with Crippen LogP contribution in [0, 0.1) is 0 Å². The zero-order valence-corrected chi connectivity index (χ0v) is 10.6. The molecule has 98 valence electrons. The van der Waals surface area contributed by atoms with E-state index in [0.717, 1.165) is 5.69 Å². The van der Waals surface area contributed by atoms with Crippen molar-refractivity contribution >= 4 is 11.8 Å². The number of nitrogens with zero attached hydrogens (tertiary/aromatic N) is 2. The molecule has 0 aromatic carbocycles. The summed E-state index contributed by atoms with van der Waals surface area (Å²) in [7, 11) is 0. The fraction of sp³-hybridized carbons (Fsp3) is 0.700. The van der Waals surface area contributed by atoms with Gasteiger partial charge in [-0.2, -0.15) is 18.3 Å². The molecular weight excluding hydrogens is 251 g/mol. The average molecular weight is 267 g/mol. The maximum Gasteiger partial charge on any atom is 0.441 e. The topological polar surface area (TPSA) is 29.9 Å². The molecule has 0 unspecified atom stereocenters. The number of halogens is 3. The van der Waals surface area contributed by atoms with Gasteiger partial charge in [0.25, 0.3) is 0 Å². The van der Waals surface area contributed by atoms with Crippen molar-refractivity contribution in [1.29, 1.82) is 0 Å². The van der Waals surface area contributed by atoms with E-state index in [2.05, 4.69) is 10.4 Å². The van der Waals surface area contributed by atoms with Crippen molar-refractivity contribution in [2.75, 3.05) is 5.75 Å². The van der Waals surface area contributed by atoms with E-state index in [9.17, 15) is 13.2 Å². The van der Waals surface area contributed by atoms with Gasteiger partial charge >= 0.3 is 5.51 Å². The van der Waals surface area contributed by atoms with Gasteiger partial charge in [-0.3, -0.25) is 4.68 Å². The fourth-order valence-corrected chi connectivity index (χ4v) is 1.76. The molecule has 17 heavy (non-hydrogen) atoms. The minimum atomic E-state index is -4.16. The Kier molecular flexibility index (Phi) is 5.32. The van der Waals surface area contributed by atoms with Crippen LogP contribution in [0.3, 0.4) is 0 Å². The molecule has 1 aromatic heterocycles. The second kappa shape index (κ2) is 6.30. The molecule has 0 spiro atoms. The Morgan fingerprint density at radius 3 is 2.76 bits per heavy atom. The first-order chi connectivity index (χ1) is 7.88. The number of alkyl halides is 3. The van der Waals surface area contributed by atoms with E-state index in [1.807, 2.05) is 19.9 Å². The van der Waals surface area contributed by atoms with Crippen LogP contribution in [0.25, 0.3) is 0 Å². The minimum absolute atomic E-state index is 0.0140. The average Bonchev–Trinajstić information content (AvgIpc) is 2.60. The summed E-state index contributed by atoms with van der Waals surface area (Å²) in [5.74, 6) is -0.0140. The van der Waals surface area contributed by atoms with Crippen LogP contribution in [0.15, 0.2) is 12.3 Å². The van der Waals surface area contributed by atoms with Crippen LogP contribution in [-0.2, 0) is 13.1 Å². The molecule has 0 radical (unpaired) electrons. The Hall–Kier alpha value is -0.690. The zero-order chi connectivity index (χ0) is 12.9. The monoisotopic (exact) mass is 267 g/mol. The summed E-state index contributed by atoms with van der Waals surface area (Å²) < 4.78 is 37.5. The predicted octanol–water partition coefficient (Wildman–Crippen LogP) is 2.63. The number of aryl methyl sites for hydroxylation is 1. The maximum absolute atomic E-state index is 12.0. The highest BCUT2D eigenvalue weighted by molar-refractivity contribution is 8.00. The lowest BCUT2D eigenvalue weighted by Gasteiger charge is -2.11. The second-order valence-corrected chi connectivity index (χ2v) is 5.04. The summed E-state index contributed by atoms with van der Waals surface area (Å²) in [4.78, 5) is 0. The van der Waals surface area contributed by atoms with Crippen molar-refractivity contribution in [1.82, 2.24) is 15.1 Å². The molecule has 0 saturated carbocycles. The van der Waals surface area contributed by atoms with Crippen LogP contribution in [0.4, 0.5) is 13.2 Å². The molecule has 1 N–H and O–H groups in total. The van der Waals surface area contributed by atoms with Gasteiger partial charge in [0, 0.05) is 24.5 Å². The number of rotatable bonds is 6. The number of thioether (sulfide) groups is 1. The van der Waals surface area contributed by atoms with Gasteiger partial charge in [-0.1, -0.05) is 13.8 Å². The molecule has 0 saturated heterocycles. The minimum Gasteiger partial charge on any atom is -0.309 e. The summed E-state index contributed by atoms with van der Waals surface area (Å²) in [6.07, 6.45) is 1.61. The number of hydrogen-bond donors (Lipinski definition) is 1. The summed E-state index contributed by atoms with van der Waals surface area (Å²) in [5, 5.41) is 7.21. The van der Waals surface area contributed by atoms with Crippen LogP contribution < -0.4 is 5.32 Å². The van der Waals surface area contributed by atoms with Gasteiger partial charge in [-0.05, 0) is 17.8 Å². The van der Waals surface area contributed by atoms with Crippen LogP contribution in [0.1, 0.15) is 19.5 Å². The molecular formula is C10H16F3N3S. The number of nitrogens with one attached hydrogen (secondary N) is 1. The van der Waals surface area contributed by atoms with Crippen molar-refractivity contribution < 1.29 is 13.2 Å². The third-order valence-corrected chi connectivity index (χ3v) is 2.78.